The summed E-state index contributed by atoms with van der Waals surface area (Å²) in [5, 5.41) is 11.9. The van der Waals surface area contributed by atoms with Crippen LogP contribution in [0.15, 0.2) is 29.2 Å². The van der Waals surface area contributed by atoms with Crippen molar-refractivity contribution in [3.8, 4) is 5.75 Å². The number of thiophene rings is 1. The van der Waals surface area contributed by atoms with Gasteiger partial charge < -0.3 is 15.8 Å². The number of nitrogen functional groups attached to an aromatic ring is 1. The predicted molar refractivity (Wildman–Crippen MR) is 119 cm³/mol. The van der Waals surface area contributed by atoms with Crippen molar-refractivity contribution < 1.29 is 17.9 Å². The molecule has 1 aliphatic heterocycles. The summed E-state index contributed by atoms with van der Waals surface area (Å²) in [6.45, 7) is 4.24. The van der Waals surface area contributed by atoms with Crippen LogP contribution in [-0.4, -0.2) is 55.1 Å². The monoisotopic (exact) mass is 461 g/mol. The molecule has 4 rings (SSSR count). The number of rotatable bonds is 5. The van der Waals surface area contributed by atoms with Crippen LogP contribution in [0.5, 0.6) is 5.75 Å². The predicted octanol–water partition coefficient (Wildman–Crippen LogP) is 2.09. The van der Waals surface area contributed by atoms with E-state index in [9.17, 15) is 13.2 Å². The molecule has 1 aromatic carbocycles. The molecule has 0 spiro atoms. The average Bonchev–Trinajstić information content (AvgIpc) is 3.36. The minimum atomic E-state index is -3.68. The van der Waals surface area contributed by atoms with Crippen LogP contribution in [0.2, 0.25) is 0 Å². The van der Waals surface area contributed by atoms with E-state index in [0.29, 0.717) is 34.1 Å². The quantitative estimate of drug-likeness (QED) is 0.595. The Kier molecular flexibility index (Phi) is 5.58. The average molecular weight is 462 g/mol. The smallest absolute Gasteiger partial charge is 0.263 e. The molecule has 3 N–H and O–H groups in total. The maximum Gasteiger partial charge on any atom is 0.263 e. The molecular weight excluding hydrogens is 438 g/mol. The Labute approximate surface area is 184 Å². The van der Waals surface area contributed by atoms with Gasteiger partial charge in [-0.25, -0.2) is 8.42 Å². The molecule has 1 unspecified atom stereocenters. The normalized spacial score (nSPS) is 17.2. The van der Waals surface area contributed by atoms with E-state index in [2.05, 4.69) is 15.5 Å². The van der Waals surface area contributed by atoms with Crippen LogP contribution < -0.4 is 15.8 Å². The minimum absolute atomic E-state index is 0.164. The molecular formula is C20H23N5O4S2. The van der Waals surface area contributed by atoms with E-state index >= 15 is 0 Å². The van der Waals surface area contributed by atoms with E-state index in [1.165, 1.54) is 34.9 Å². The van der Waals surface area contributed by atoms with Crippen LogP contribution >= 0.6 is 11.3 Å². The Balaban J connectivity index is 1.50. The maximum atomic E-state index is 13.0. The lowest BCUT2D eigenvalue weighted by Gasteiger charge is -2.17. The Bertz CT molecular complexity index is 1270. The van der Waals surface area contributed by atoms with Gasteiger partial charge in [0, 0.05) is 30.6 Å². The summed E-state index contributed by atoms with van der Waals surface area (Å²) >= 11 is 1.19. The number of aryl methyl sites for hydroxylation is 2. The first-order chi connectivity index (χ1) is 14.7. The SMILES string of the molecule is COc1cccc(S(=O)(=O)N2CCC(NC(=O)c3sc4nnc(C)c(C)c4c3N)C2)c1. The Hall–Kier alpha value is -2.76. The van der Waals surface area contributed by atoms with Crippen LogP contribution in [0.4, 0.5) is 5.69 Å². The summed E-state index contributed by atoms with van der Waals surface area (Å²) in [5.74, 6) is 0.141. The summed E-state index contributed by atoms with van der Waals surface area (Å²) < 4.78 is 32.4. The number of nitrogens with zero attached hydrogens (tertiary/aromatic N) is 3. The van der Waals surface area contributed by atoms with Gasteiger partial charge in [0.15, 0.2) is 0 Å². The van der Waals surface area contributed by atoms with Crippen LogP contribution in [0.1, 0.15) is 27.3 Å². The molecule has 1 atom stereocenters. The second-order valence-electron chi connectivity index (χ2n) is 7.44. The van der Waals surface area contributed by atoms with Gasteiger partial charge in [0.2, 0.25) is 10.0 Å². The molecule has 1 saturated heterocycles. The number of carbonyl (C=O) groups excluding carboxylic acids is 1. The molecule has 1 aliphatic rings. The van der Waals surface area contributed by atoms with Crippen molar-refractivity contribution in [2.45, 2.75) is 31.2 Å². The fraction of sp³-hybridized carbons (Fsp3) is 0.350. The van der Waals surface area contributed by atoms with Gasteiger partial charge in [-0.2, -0.15) is 9.40 Å². The molecule has 0 aliphatic carbocycles. The van der Waals surface area contributed by atoms with Gasteiger partial charge in [-0.15, -0.1) is 16.4 Å². The standard InChI is InChI=1S/C20H23N5O4S2/c1-11-12(2)23-24-20-16(11)17(21)18(30-20)19(26)22-13-7-8-25(10-13)31(27,28)15-6-4-5-14(9-15)29-3/h4-6,9,13H,7-8,10,21H2,1-3H3,(H,22,26). The van der Waals surface area contributed by atoms with Gasteiger partial charge in [-0.3, -0.25) is 4.79 Å². The van der Waals surface area contributed by atoms with Crippen molar-refractivity contribution in [1.82, 2.24) is 19.8 Å². The third kappa shape index (κ3) is 3.84. The number of carbonyl (C=O) groups is 1. The molecule has 9 nitrogen and oxygen atoms in total. The Morgan fingerprint density at radius 3 is 2.84 bits per heavy atom. The van der Waals surface area contributed by atoms with Gasteiger partial charge in [0.05, 0.1) is 23.4 Å². The Morgan fingerprint density at radius 1 is 1.32 bits per heavy atom. The van der Waals surface area contributed by atoms with E-state index in [1.807, 2.05) is 13.8 Å². The van der Waals surface area contributed by atoms with E-state index in [0.717, 1.165) is 16.6 Å². The molecule has 3 heterocycles. The van der Waals surface area contributed by atoms with Gasteiger partial charge in [-0.1, -0.05) is 6.07 Å². The molecule has 3 aromatic rings. The fourth-order valence-corrected chi connectivity index (χ4v) is 6.17. The minimum Gasteiger partial charge on any atom is -0.497 e. The highest BCUT2D eigenvalue weighted by atomic mass is 32.2. The lowest BCUT2D eigenvalue weighted by Crippen LogP contribution is -2.38. The van der Waals surface area contributed by atoms with E-state index in [-0.39, 0.29) is 23.4 Å². The van der Waals surface area contributed by atoms with Crippen molar-refractivity contribution in [3.63, 3.8) is 0 Å². The number of nitrogens with two attached hydrogens (primary N) is 1. The number of nitrogens with one attached hydrogen (secondary N) is 1. The molecule has 0 radical (unpaired) electrons. The number of aromatic nitrogens is 2. The van der Waals surface area contributed by atoms with E-state index < -0.39 is 10.0 Å². The highest BCUT2D eigenvalue weighted by Crippen LogP contribution is 2.35. The van der Waals surface area contributed by atoms with Crippen LogP contribution in [0.25, 0.3) is 10.2 Å². The topological polar surface area (TPSA) is 128 Å². The number of ether oxygens (including phenoxy) is 1. The lowest BCUT2D eigenvalue weighted by molar-refractivity contribution is 0.0944. The van der Waals surface area contributed by atoms with Gasteiger partial charge in [0.25, 0.3) is 5.91 Å². The fourth-order valence-electron chi connectivity index (χ4n) is 3.64. The molecule has 0 bridgehead atoms. The second kappa shape index (κ2) is 8.06. The van der Waals surface area contributed by atoms with Gasteiger partial charge in [0.1, 0.15) is 15.5 Å². The zero-order chi connectivity index (χ0) is 22.3. The molecule has 164 valence electrons. The molecule has 11 heteroatoms. The van der Waals surface area contributed by atoms with Crippen LogP contribution in [-0.2, 0) is 10.0 Å². The van der Waals surface area contributed by atoms with Gasteiger partial charge >= 0.3 is 0 Å². The third-order valence-corrected chi connectivity index (χ3v) is 8.46. The number of methoxy groups -OCH3 is 1. The molecule has 31 heavy (non-hydrogen) atoms. The number of amides is 1. The molecule has 1 fully saturated rings. The second-order valence-corrected chi connectivity index (χ2v) is 10.4. The number of fused-ring (bicyclic) bond motifs is 1. The van der Waals surface area contributed by atoms with Crippen LogP contribution in [0, 0.1) is 13.8 Å². The summed E-state index contributed by atoms with van der Waals surface area (Å²) in [4.78, 5) is 14.0. The van der Waals surface area contributed by atoms with Gasteiger partial charge in [-0.05, 0) is 38.0 Å². The van der Waals surface area contributed by atoms with Crippen molar-refractivity contribution in [1.29, 1.82) is 0 Å². The van der Waals surface area contributed by atoms with Crippen LogP contribution in [0.3, 0.4) is 0 Å². The number of hydrogen-bond donors (Lipinski definition) is 2. The van der Waals surface area contributed by atoms with Crippen molar-refractivity contribution in [2.24, 2.45) is 0 Å². The lowest BCUT2D eigenvalue weighted by atomic mass is 10.1. The van der Waals surface area contributed by atoms with E-state index in [4.69, 9.17) is 10.5 Å². The first-order valence-electron chi connectivity index (χ1n) is 9.69. The largest absolute Gasteiger partial charge is 0.497 e. The van der Waals surface area contributed by atoms with E-state index in [1.54, 1.807) is 12.1 Å². The van der Waals surface area contributed by atoms with Crippen molar-refractivity contribution in [3.05, 3.63) is 40.4 Å². The summed E-state index contributed by atoms with van der Waals surface area (Å²) in [6, 6.07) is 6.04. The first kappa shape index (κ1) is 21.5. The number of sulfonamides is 1. The van der Waals surface area contributed by atoms with Crippen molar-refractivity contribution in [2.75, 3.05) is 25.9 Å². The zero-order valence-corrected chi connectivity index (χ0v) is 19.0. The first-order valence-corrected chi connectivity index (χ1v) is 11.9. The Morgan fingerprint density at radius 2 is 2.10 bits per heavy atom. The number of anilines is 1. The summed E-state index contributed by atoms with van der Waals surface area (Å²) in [5.41, 5.74) is 8.29. The highest BCUT2D eigenvalue weighted by molar-refractivity contribution is 7.89. The summed E-state index contributed by atoms with van der Waals surface area (Å²) in [6.07, 6.45) is 0.512. The molecule has 1 amide bonds. The molecule has 2 aromatic heterocycles. The maximum absolute atomic E-state index is 13.0. The number of hydrogen-bond acceptors (Lipinski definition) is 8. The zero-order valence-electron chi connectivity index (χ0n) is 17.4. The highest BCUT2D eigenvalue weighted by Gasteiger charge is 2.34. The summed E-state index contributed by atoms with van der Waals surface area (Å²) in [7, 11) is -2.19. The third-order valence-electron chi connectivity index (χ3n) is 5.51. The molecule has 0 saturated carbocycles. The number of benzene rings is 1. The van der Waals surface area contributed by atoms with Crippen molar-refractivity contribution >= 4 is 43.2 Å².